The van der Waals surface area contributed by atoms with Crippen LogP contribution >= 0.6 is 0 Å². The molecule has 0 aliphatic heterocycles. The Labute approximate surface area is 115 Å². The normalized spacial score (nSPS) is 10.1. The number of rotatable bonds is 7. The molecule has 0 spiro atoms. The van der Waals surface area contributed by atoms with Crippen molar-refractivity contribution in [2.45, 2.75) is 33.6 Å². The van der Waals surface area contributed by atoms with Gasteiger partial charge >= 0.3 is 5.97 Å². The van der Waals surface area contributed by atoms with Crippen LogP contribution < -0.4 is 9.64 Å². The van der Waals surface area contributed by atoms with Gasteiger partial charge in [-0.3, -0.25) is 0 Å². The van der Waals surface area contributed by atoms with E-state index in [0.29, 0.717) is 11.3 Å². The summed E-state index contributed by atoms with van der Waals surface area (Å²) in [5, 5.41) is 0. The highest BCUT2D eigenvalue weighted by Crippen LogP contribution is 2.20. The van der Waals surface area contributed by atoms with Crippen molar-refractivity contribution < 1.29 is 9.53 Å². The molecule has 3 heteroatoms. The predicted molar refractivity (Wildman–Crippen MR) is 79.7 cm³/mol. The van der Waals surface area contributed by atoms with Gasteiger partial charge in [-0.2, -0.15) is 0 Å². The van der Waals surface area contributed by atoms with Crippen LogP contribution in [-0.2, 0) is 4.79 Å². The van der Waals surface area contributed by atoms with E-state index in [1.807, 2.05) is 24.3 Å². The molecule has 0 fully saturated rings. The summed E-state index contributed by atoms with van der Waals surface area (Å²) < 4.78 is 5.17. The Bertz CT molecular complexity index is 417. The lowest BCUT2D eigenvalue weighted by molar-refractivity contribution is -0.130. The van der Waals surface area contributed by atoms with Gasteiger partial charge in [0.05, 0.1) is 0 Å². The first-order valence-electron chi connectivity index (χ1n) is 6.81. The number of anilines is 1. The van der Waals surface area contributed by atoms with Gasteiger partial charge in [-0.1, -0.05) is 20.4 Å². The third-order valence-corrected chi connectivity index (χ3v) is 2.75. The molecule has 104 valence electrons. The van der Waals surface area contributed by atoms with Crippen LogP contribution in [0.15, 0.2) is 36.4 Å². The predicted octanol–water partition coefficient (Wildman–Crippen LogP) is 3.79. The Hall–Kier alpha value is -1.77. The Morgan fingerprint density at radius 3 is 2.11 bits per heavy atom. The summed E-state index contributed by atoms with van der Waals surface area (Å²) in [6, 6.07) is 7.64. The average molecular weight is 261 g/mol. The molecular weight excluding hydrogens is 238 g/mol. The molecule has 0 aromatic heterocycles. The van der Waals surface area contributed by atoms with Crippen molar-refractivity contribution in [3.05, 3.63) is 36.4 Å². The van der Waals surface area contributed by atoms with Gasteiger partial charge in [0.1, 0.15) is 5.75 Å². The number of benzene rings is 1. The topological polar surface area (TPSA) is 29.5 Å². The molecule has 1 aromatic carbocycles. The first kappa shape index (κ1) is 15.3. The maximum atomic E-state index is 11.4. The first-order valence-corrected chi connectivity index (χ1v) is 6.81. The van der Waals surface area contributed by atoms with E-state index in [-0.39, 0.29) is 5.97 Å². The zero-order valence-electron chi connectivity index (χ0n) is 12.1. The number of carbonyl (C=O) groups is 1. The van der Waals surface area contributed by atoms with Gasteiger partial charge in [0.15, 0.2) is 0 Å². The molecule has 3 nitrogen and oxygen atoms in total. The molecule has 1 aromatic rings. The molecule has 1 rings (SSSR count). The van der Waals surface area contributed by atoms with Gasteiger partial charge in [-0.15, -0.1) is 0 Å². The highest BCUT2D eigenvalue weighted by atomic mass is 16.5. The molecule has 0 radical (unpaired) electrons. The average Bonchev–Trinajstić information content (AvgIpc) is 2.39. The Balaban J connectivity index is 2.73. The van der Waals surface area contributed by atoms with Crippen LogP contribution in [0.5, 0.6) is 5.75 Å². The fraction of sp³-hybridized carbons (Fsp3) is 0.438. The van der Waals surface area contributed by atoms with E-state index < -0.39 is 0 Å². The minimum absolute atomic E-state index is 0.383. The van der Waals surface area contributed by atoms with E-state index in [1.165, 1.54) is 5.69 Å². The number of carbonyl (C=O) groups excluding carboxylic acids is 1. The molecule has 0 saturated heterocycles. The SMILES string of the molecule is C=C(C)C(=O)Oc1ccc(N(CCC)CCC)cc1. The summed E-state index contributed by atoms with van der Waals surface area (Å²) in [6.07, 6.45) is 2.23. The Morgan fingerprint density at radius 2 is 1.68 bits per heavy atom. The van der Waals surface area contributed by atoms with E-state index in [0.717, 1.165) is 25.9 Å². The van der Waals surface area contributed by atoms with Gasteiger partial charge in [0.2, 0.25) is 0 Å². The fourth-order valence-corrected chi connectivity index (χ4v) is 1.83. The highest BCUT2D eigenvalue weighted by molar-refractivity contribution is 5.88. The van der Waals surface area contributed by atoms with E-state index >= 15 is 0 Å². The molecule has 0 bridgehead atoms. The number of hydrogen-bond donors (Lipinski definition) is 0. The maximum Gasteiger partial charge on any atom is 0.338 e. The van der Waals surface area contributed by atoms with Crippen LogP contribution in [0.1, 0.15) is 33.6 Å². The molecule has 0 amide bonds. The quantitative estimate of drug-likeness (QED) is 0.425. The van der Waals surface area contributed by atoms with Crippen LogP contribution in [0.4, 0.5) is 5.69 Å². The number of ether oxygens (including phenoxy) is 1. The first-order chi connectivity index (χ1) is 9.08. The van der Waals surface area contributed by atoms with Crippen LogP contribution in [0.3, 0.4) is 0 Å². The minimum Gasteiger partial charge on any atom is -0.423 e. The van der Waals surface area contributed by atoms with Crippen LogP contribution in [0.2, 0.25) is 0 Å². The van der Waals surface area contributed by atoms with Gasteiger partial charge in [-0.25, -0.2) is 4.79 Å². The molecule has 0 saturated carbocycles. The minimum atomic E-state index is -0.383. The third-order valence-electron chi connectivity index (χ3n) is 2.75. The molecule has 0 heterocycles. The van der Waals surface area contributed by atoms with Crippen molar-refractivity contribution in [1.82, 2.24) is 0 Å². The summed E-state index contributed by atoms with van der Waals surface area (Å²) in [5.74, 6) is 0.177. The second kappa shape index (κ2) is 7.62. The smallest absolute Gasteiger partial charge is 0.338 e. The largest absolute Gasteiger partial charge is 0.423 e. The summed E-state index contributed by atoms with van der Waals surface area (Å²) in [5.41, 5.74) is 1.57. The second-order valence-corrected chi connectivity index (χ2v) is 4.65. The van der Waals surface area contributed by atoms with Crippen molar-refractivity contribution in [3.8, 4) is 5.75 Å². The number of esters is 1. The monoisotopic (exact) mass is 261 g/mol. The van der Waals surface area contributed by atoms with Gasteiger partial charge in [0.25, 0.3) is 0 Å². The molecule has 19 heavy (non-hydrogen) atoms. The molecule has 0 aliphatic carbocycles. The molecule has 0 N–H and O–H groups in total. The molecule has 0 atom stereocenters. The van der Waals surface area contributed by atoms with Crippen LogP contribution in [-0.4, -0.2) is 19.1 Å². The van der Waals surface area contributed by atoms with Crippen molar-refractivity contribution >= 4 is 11.7 Å². The lowest BCUT2D eigenvalue weighted by Crippen LogP contribution is -2.24. The van der Waals surface area contributed by atoms with Gasteiger partial charge < -0.3 is 9.64 Å². The maximum absolute atomic E-state index is 11.4. The van der Waals surface area contributed by atoms with Crippen LogP contribution in [0, 0.1) is 0 Å². The van der Waals surface area contributed by atoms with Crippen molar-refractivity contribution in [2.24, 2.45) is 0 Å². The highest BCUT2D eigenvalue weighted by Gasteiger charge is 2.07. The molecule has 0 unspecified atom stereocenters. The lowest BCUT2D eigenvalue weighted by atomic mass is 10.2. The van der Waals surface area contributed by atoms with Crippen molar-refractivity contribution in [3.63, 3.8) is 0 Å². The Morgan fingerprint density at radius 1 is 1.16 bits per heavy atom. The number of nitrogens with zero attached hydrogens (tertiary/aromatic N) is 1. The van der Waals surface area contributed by atoms with E-state index in [9.17, 15) is 4.79 Å². The number of hydrogen-bond acceptors (Lipinski definition) is 3. The van der Waals surface area contributed by atoms with Gasteiger partial charge in [-0.05, 0) is 44.0 Å². The zero-order chi connectivity index (χ0) is 14.3. The summed E-state index contributed by atoms with van der Waals surface area (Å²) in [7, 11) is 0. The summed E-state index contributed by atoms with van der Waals surface area (Å²) >= 11 is 0. The second-order valence-electron chi connectivity index (χ2n) is 4.65. The van der Waals surface area contributed by atoms with Crippen LogP contribution in [0.25, 0.3) is 0 Å². The lowest BCUT2D eigenvalue weighted by Gasteiger charge is -2.23. The van der Waals surface area contributed by atoms with E-state index in [2.05, 4.69) is 25.3 Å². The van der Waals surface area contributed by atoms with E-state index in [1.54, 1.807) is 6.92 Å². The van der Waals surface area contributed by atoms with Crippen molar-refractivity contribution in [2.75, 3.05) is 18.0 Å². The summed E-state index contributed by atoms with van der Waals surface area (Å²) in [6.45, 7) is 11.6. The van der Waals surface area contributed by atoms with Crippen molar-refractivity contribution in [1.29, 1.82) is 0 Å². The summed E-state index contributed by atoms with van der Waals surface area (Å²) in [4.78, 5) is 13.7. The molecular formula is C16H23NO2. The third kappa shape index (κ3) is 4.78. The molecule has 0 aliphatic rings. The Kier molecular flexibility index (Phi) is 6.13. The van der Waals surface area contributed by atoms with E-state index in [4.69, 9.17) is 4.74 Å². The van der Waals surface area contributed by atoms with Gasteiger partial charge in [0, 0.05) is 24.4 Å². The standard InChI is InChI=1S/C16H23NO2/c1-5-11-17(12-6-2)14-7-9-15(10-8-14)19-16(18)13(3)4/h7-10H,3,5-6,11-12H2,1-2,4H3. The fourth-order valence-electron chi connectivity index (χ4n) is 1.83. The zero-order valence-corrected chi connectivity index (χ0v) is 12.1.